The lowest BCUT2D eigenvalue weighted by molar-refractivity contribution is -0.144. The van der Waals surface area contributed by atoms with E-state index in [1.165, 1.54) is 0 Å². The summed E-state index contributed by atoms with van der Waals surface area (Å²) < 4.78 is 4.93. The third-order valence-electron chi connectivity index (χ3n) is 2.35. The molecule has 0 heterocycles. The van der Waals surface area contributed by atoms with Crippen molar-refractivity contribution in [3.05, 3.63) is 24.8 Å². The van der Waals surface area contributed by atoms with Gasteiger partial charge in [0.15, 0.2) is 0 Å². The Morgan fingerprint density at radius 2 is 2.36 bits per heavy atom. The SMILES string of the molecule is C=CCC/C=C/C1CC1C(=O)OCC. The van der Waals surface area contributed by atoms with Gasteiger partial charge in [0.1, 0.15) is 0 Å². The molecule has 1 aliphatic rings. The summed E-state index contributed by atoms with van der Waals surface area (Å²) in [5.41, 5.74) is 0. The lowest BCUT2D eigenvalue weighted by atomic mass is 10.2. The third kappa shape index (κ3) is 3.36. The van der Waals surface area contributed by atoms with Crippen LogP contribution in [0.4, 0.5) is 0 Å². The summed E-state index contributed by atoms with van der Waals surface area (Å²) in [4.78, 5) is 11.2. The van der Waals surface area contributed by atoms with Gasteiger partial charge in [0, 0.05) is 0 Å². The van der Waals surface area contributed by atoms with E-state index in [-0.39, 0.29) is 11.9 Å². The summed E-state index contributed by atoms with van der Waals surface area (Å²) in [5, 5.41) is 0. The van der Waals surface area contributed by atoms with Crippen LogP contribution < -0.4 is 0 Å². The second-order valence-electron chi connectivity index (χ2n) is 3.55. The number of carbonyl (C=O) groups excluding carboxylic acids is 1. The van der Waals surface area contributed by atoms with Gasteiger partial charge in [-0.2, -0.15) is 0 Å². The van der Waals surface area contributed by atoms with E-state index in [4.69, 9.17) is 4.74 Å². The maximum Gasteiger partial charge on any atom is 0.309 e. The fraction of sp³-hybridized carbons (Fsp3) is 0.583. The predicted octanol–water partition coefficient (Wildman–Crippen LogP) is 2.71. The Labute approximate surface area is 85.6 Å². The molecule has 14 heavy (non-hydrogen) atoms. The highest BCUT2D eigenvalue weighted by molar-refractivity contribution is 5.76. The molecule has 0 spiro atoms. The first-order chi connectivity index (χ1) is 6.79. The van der Waals surface area contributed by atoms with Gasteiger partial charge >= 0.3 is 5.97 Å². The quantitative estimate of drug-likeness (QED) is 0.369. The fourth-order valence-electron chi connectivity index (χ4n) is 1.43. The second kappa shape index (κ2) is 5.63. The van der Waals surface area contributed by atoms with Gasteiger partial charge in [-0.1, -0.05) is 18.2 Å². The van der Waals surface area contributed by atoms with Gasteiger partial charge in [0.25, 0.3) is 0 Å². The summed E-state index contributed by atoms with van der Waals surface area (Å²) in [6.45, 7) is 5.98. The Balaban J connectivity index is 2.15. The van der Waals surface area contributed by atoms with E-state index in [0.29, 0.717) is 12.5 Å². The molecular formula is C12H18O2. The van der Waals surface area contributed by atoms with Crippen molar-refractivity contribution in [3.8, 4) is 0 Å². The van der Waals surface area contributed by atoms with Gasteiger partial charge in [0.2, 0.25) is 0 Å². The fourth-order valence-corrected chi connectivity index (χ4v) is 1.43. The number of unbranched alkanes of at least 4 members (excludes halogenated alkanes) is 1. The molecule has 1 fully saturated rings. The van der Waals surface area contributed by atoms with E-state index in [9.17, 15) is 4.79 Å². The van der Waals surface area contributed by atoms with Gasteiger partial charge in [-0.25, -0.2) is 0 Å². The Kier molecular flexibility index (Phi) is 4.44. The van der Waals surface area contributed by atoms with Crippen molar-refractivity contribution in [1.29, 1.82) is 0 Å². The number of ether oxygens (including phenoxy) is 1. The van der Waals surface area contributed by atoms with Crippen LogP contribution in [0.3, 0.4) is 0 Å². The van der Waals surface area contributed by atoms with Crippen molar-refractivity contribution in [2.45, 2.75) is 26.2 Å². The van der Waals surface area contributed by atoms with Crippen LogP contribution in [0.15, 0.2) is 24.8 Å². The summed E-state index contributed by atoms with van der Waals surface area (Å²) in [6, 6.07) is 0. The molecule has 1 rings (SSSR count). The molecule has 2 atom stereocenters. The maximum absolute atomic E-state index is 11.2. The van der Waals surface area contributed by atoms with Crippen LogP contribution in [-0.4, -0.2) is 12.6 Å². The third-order valence-corrected chi connectivity index (χ3v) is 2.35. The van der Waals surface area contributed by atoms with Crippen LogP contribution in [0.2, 0.25) is 0 Å². The first-order valence-corrected chi connectivity index (χ1v) is 5.23. The lowest BCUT2D eigenvalue weighted by Crippen LogP contribution is -2.06. The van der Waals surface area contributed by atoms with Crippen molar-refractivity contribution >= 4 is 5.97 Å². The van der Waals surface area contributed by atoms with Crippen molar-refractivity contribution in [1.82, 2.24) is 0 Å². The van der Waals surface area contributed by atoms with Crippen molar-refractivity contribution in [2.75, 3.05) is 6.61 Å². The molecule has 1 aliphatic carbocycles. The van der Waals surface area contributed by atoms with Gasteiger partial charge < -0.3 is 4.74 Å². The highest BCUT2D eigenvalue weighted by Crippen LogP contribution is 2.40. The van der Waals surface area contributed by atoms with Crippen molar-refractivity contribution in [3.63, 3.8) is 0 Å². The van der Waals surface area contributed by atoms with Crippen molar-refractivity contribution in [2.24, 2.45) is 11.8 Å². The minimum absolute atomic E-state index is 0.0362. The average molecular weight is 194 g/mol. The topological polar surface area (TPSA) is 26.3 Å². The zero-order valence-corrected chi connectivity index (χ0v) is 8.74. The number of esters is 1. The summed E-state index contributed by atoms with van der Waals surface area (Å²) >= 11 is 0. The minimum atomic E-state index is -0.0362. The van der Waals surface area contributed by atoms with E-state index in [1.54, 1.807) is 0 Å². The molecule has 0 amide bonds. The summed E-state index contributed by atoms with van der Waals surface area (Å²) in [6.07, 6.45) is 9.16. The Morgan fingerprint density at radius 1 is 1.57 bits per heavy atom. The van der Waals surface area contributed by atoms with E-state index in [2.05, 4.69) is 18.7 Å². The average Bonchev–Trinajstić information content (AvgIpc) is 2.92. The standard InChI is InChI=1S/C12H18O2/c1-3-5-6-7-8-10-9-11(10)12(13)14-4-2/h3,7-8,10-11H,1,4-6,9H2,2H3/b8-7+. The van der Waals surface area contributed by atoms with Gasteiger partial charge in [-0.15, -0.1) is 6.58 Å². The smallest absolute Gasteiger partial charge is 0.309 e. The molecule has 1 saturated carbocycles. The molecular weight excluding hydrogens is 176 g/mol. The molecule has 0 N–H and O–H groups in total. The Bertz CT molecular complexity index is 230. The van der Waals surface area contributed by atoms with Crippen LogP contribution in [-0.2, 0) is 9.53 Å². The van der Waals surface area contributed by atoms with Crippen LogP contribution >= 0.6 is 0 Å². The van der Waals surface area contributed by atoms with Crippen LogP contribution in [0.5, 0.6) is 0 Å². The largest absolute Gasteiger partial charge is 0.466 e. The number of hydrogen-bond donors (Lipinski definition) is 0. The number of carbonyl (C=O) groups is 1. The first-order valence-electron chi connectivity index (χ1n) is 5.23. The second-order valence-corrected chi connectivity index (χ2v) is 3.55. The van der Waals surface area contributed by atoms with E-state index < -0.39 is 0 Å². The van der Waals surface area contributed by atoms with Crippen LogP contribution in [0.25, 0.3) is 0 Å². The summed E-state index contributed by atoms with van der Waals surface area (Å²) in [7, 11) is 0. The molecule has 0 radical (unpaired) electrons. The summed E-state index contributed by atoms with van der Waals surface area (Å²) in [5.74, 6) is 0.527. The van der Waals surface area contributed by atoms with Gasteiger partial charge in [0.05, 0.1) is 12.5 Å². The molecule has 0 saturated heterocycles. The molecule has 0 bridgehead atoms. The lowest BCUT2D eigenvalue weighted by Gasteiger charge is -1.97. The van der Waals surface area contributed by atoms with Crippen LogP contribution in [0.1, 0.15) is 26.2 Å². The molecule has 0 aliphatic heterocycles. The van der Waals surface area contributed by atoms with E-state index >= 15 is 0 Å². The zero-order valence-electron chi connectivity index (χ0n) is 8.74. The number of rotatable bonds is 6. The Morgan fingerprint density at radius 3 is 3.00 bits per heavy atom. The highest BCUT2D eigenvalue weighted by atomic mass is 16.5. The molecule has 0 aromatic carbocycles. The molecule has 78 valence electrons. The number of hydrogen-bond acceptors (Lipinski definition) is 2. The molecule has 0 aromatic rings. The predicted molar refractivity (Wildman–Crippen MR) is 56.8 cm³/mol. The van der Waals surface area contributed by atoms with E-state index in [1.807, 2.05) is 13.0 Å². The van der Waals surface area contributed by atoms with Crippen molar-refractivity contribution < 1.29 is 9.53 Å². The highest BCUT2D eigenvalue weighted by Gasteiger charge is 2.42. The number of allylic oxidation sites excluding steroid dienone is 3. The van der Waals surface area contributed by atoms with Gasteiger partial charge in [-0.3, -0.25) is 4.79 Å². The van der Waals surface area contributed by atoms with E-state index in [0.717, 1.165) is 19.3 Å². The monoisotopic (exact) mass is 194 g/mol. The zero-order chi connectivity index (χ0) is 10.4. The normalized spacial score (nSPS) is 24.9. The maximum atomic E-state index is 11.2. The molecule has 0 aromatic heterocycles. The molecule has 2 heteroatoms. The van der Waals surface area contributed by atoms with Crippen LogP contribution in [0, 0.1) is 11.8 Å². The van der Waals surface area contributed by atoms with Gasteiger partial charge in [-0.05, 0) is 32.1 Å². The first kappa shape index (κ1) is 11.0. The Hall–Kier alpha value is -1.05. The molecule has 2 nitrogen and oxygen atoms in total. The molecule has 2 unspecified atom stereocenters. The minimum Gasteiger partial charge on any atom is -0.466 e.